The lowest BCUT2D eigenvalue weighted by Crippen LogP contribution is -2.38. The van der Waals surface area contributed by atoms with Crippen molar-refractivity contribution in [3.8, 4) is 11.5 Å². The molecule has 0 atom stereocenters. The summed E-state index contributed by atoms with van der Waals surface area (Å²) in [5.74, 6) is 0.224. The van der Waals surface area contributed by atoms with E-state index < -0.39 is 22.5 Å². The number of nitrogens with one attached hydrogen (secondary N) is 1. The SMILES string of the molecule is COc1ccc(S(=O)(=O)N(CC(=O)Nc2ccc(I)cc2)c2ccc(C)cc2)cc1OC. The molecular formula is C23H23IN2O5S. The molecule has 9 heteroatoms. The van der Waals surface area contributed by atoms with E-state index in [2.05, 4.69) is 27.9 Å². The Labute approximate surface area is 201 Å². The lowest BCUT2D eigenvalue weighted by Gasteiger charge is -2.24. The second kappa shape index (κ2) is 10.2. The molecule has 1 N–H and O–H groups in total. The van der Waals surface area contributed by atoms with Crippen LogP contribution in [0.15, 0.2) is 71.6 Å². The maximum Gasteiger partial charge on any atom is 0.264 e. The van der Waals surface area contributed by atoms with Crippen molar-refractivity contribution in [1.82, 2.24) is 0 Å². The molecule has 32 heavy (non-hydrogen) atoms. The summed E-state index contributed by atoms with van der Waals surface area (Å²) in [4.78, 5) is 12.8. The predicted molar refractivity (Wildman–Crippen MR) is 133 cm³/mol. The van der Waals surface area contributed by atoms with Gasteiger partial charge in [-0.1, -0.05) is 17.7 Å². The van der Waals surface area contributed by atoms with Gasteiger partial charge in [0.1, 0.15) is 6.54 Å². The second-order valence-electron chi connectivity index (χ2n) is 6.92. The molecule has 0 bridgehead atoms. The zero-order valence-electron chi connectivity index (χ0n) is 17.8. The summed E-state index contributed by atoms with van der Waals surface area (Å²) in [5, 5.41) is 2.75. The zero-order valence-corrected chi connectivity index (χ0v) is 20.8. The molecule has 0 aliphatic heterocycles. The largest absolute Gasteiger partial charge is 0.493 e. The minimum absolute atomic E-state index is 0.0159. The normalized spacial score (nSPS) is 11.0. The zero-order chi connectivity index (χ0) is 23.3. The smallest absolute Gasteiger partial charge is 0.264 e. The van der Waals surface area contributed by atoms with E-state index in [4.69, 9.17) is 9.47 Å². The number of amides is 1. The first kappa shape index (κ1) is 23.9. The Hall–Kier alpha value is -2.79. The Balaban J connectivity index is 1.97. The number of aryl methyl sites for hydroxylation is 1. The summed E-state index contributed by atoms with van der Waals surface area (Å²) in [5.41, 5.74) is 1.94. The summed E-state index contributed by atoms with van der Waals surface area (Å²) in [6.07, 6.45) is 0. The Kier molecular flexibility index (Phi) is 7.62. The molecule has 0 saturated heterocycles. The van der Waals surface area contributed by atoms with Gasteiger partial charge in [0.05, 0.1) is 24.8 Å². The van der Waals surface area contributed by atoms with Crippen LogP contribution in [0.2, 0.25) is 0 Å². The Morgan fingerprint density at radius 2 is 1.56 bits per heavy atom. The average molecular weight is 566 g/mol. The van der Waals surface area contributed by atoms with E-state index in [1.54, 1.807) is 36.4 Å². The predicted octanol–water partition coefficient (Wildman–Crippen LogP) is 4.45. The maximum absolute atomic E-state index is 13.6. The van der Waals surface area contributed by atoms with Gasteiger partial charge < -0.3 is 14.8 Å². The quantitative estimate of drug-likeness (QED) is 0.408. The molecule has 0 unspecified atom stereocenters. The van der Waals surface area contributed by atoms with Crippen molar-refractivity contribution >= 4 is 49.9 Å². The summed E-state index contributed by atoms with van der Waals surface area (Å²) < 4.78 is 39.7. The van der Waals surface area contributed by atoms with Gasteiger partial charge in [-0.05, 0) is 78.0 Å². The molecule has 0 heterocycles. The van der Waals surface area contributed by atoms with E-state index in [0.717, 1.165) is 13.4 Å². The van der Waals surface area contributed by atoms with Crippen LogP contribution >= 0.6 is 22.6 Å². The van der Waals surface area contributed by atoms with Crippen LogP contribution in [0.3, 0.4) is 0 Å². The second-order valence-corrected chi connectivity index (χ2v) is 10.0. The summed E-state index contributed by atoms with van der Waals surface area (Å²) in [7, 11) is -1.18. The minimum Gasteiger partial charge on any atom is -0.493 e. The number of ether oxygens (including phenoxy) is 2. The highest BCUT2D eigenvalue weighted by atomic mass is 127. The van der Waals surface area contributed by atoms with Gasteiger partial charge >= 0.3 is 0 Å². The van der Waals surface area contributed by atoms with E-state index in [1.165, 1.54) is 32.4 Å². The number of carbonyl (C=O) groups excluding carboxylic acids is 1. The lowest BCUT2D eigenvalue weighted by molar-refractivity contribution is -0.114. The molecule has 0 aliphatic rings. The van der Waals surface area contributed by atoms with Crippen molar-refractivity contribution in [3.05, 3.63) is 75.9 Å². The third kappa shape index (κ3) is 5.52. The number of rotatable bonds is 8. The van der Waals surface area contributed by atoms with Gasteiger partial charge in [-0.2, -0.15) is 0 Å². The molecule has 3 rings (SSSR count). The van der Waals surface area contributed by atoms with Gasteiger partial charge in [0, 0.05) is 15.3 Å². The standard InChI is InChI=1S/C23H23IN2O5S/c1-16-4-10-19(11-5-16)26(15-23(27)25-18-8-6-17(24)7-9-18)32(28,29)20-12-13-21(30-2)22(14-20)31-3/h4-14H,15H2,1-3H3,(H,25,27). The number of anilines is 2. The van der Waals surface area contributed by atoms with Crippen molar-refractivity contribution in [2.45, 2.75) is 11.8 Å². The molecule has 3 aromatic rings. The Bertz CT molecular complexity index is 1200. The number of carbonyl (C=O) groups is 1. The number of hydrogen-bond acceptors (Lipinski definition) is 5. The monoisotopic (exact) mass is 566 g/mol. The molecule has 168 valence electrons. The highest BCUT2D eigenvalue weighted by Crippen LogP contribution is 2.32. The fourth-order valence-electron chi connectivity index (χ4n) is 2.99. The van der Waals surface area contributed by atoms with Crippen LogP contribution in [-0.4, -0.2) is 35.1 Å². The van der Waals surface area contributed by atoms with E-state index in [9.17, 15) is 13.2 Å². The van der Waals surface area contributed by atoms with Crippen molar-refractivity contribution in [3.63, 3.8) is 0 Å². The van der Waals surface area contributed by atoms with Crippen LogP contribution in [-0.2, 0) is 14.8 Å². The number of halogens is 1. The number of benzene rings is 3. The minimum atomic E-state index is -4.08. The molecule has 1 amide bonds. The van der Waals surface area contributed by atoms with Gasteiger partial charge in [0.15, 0.2) is 11.5 Å². The molecule has 7 nitrogen and oxygen atoms in total. The highest BCUT2D eigenvalue weighted by molar-refractivity contribution is 14.1. The first-order chi connectivity index (χ1) is 15.2. The third-order valence-corrected chi connectivity index (χ3v) is 7.17. The van der Waals surface area contributed by atoms with Gasteiger partial charge in [0.25, 0.3) is 10.0 Å². The van der Waals surface area contributed by atoms with Gasteiger partial charge in [-0.15, -0.1) is 0 Å². The van der Waals surface area contributed by atoms with Crippen LogP contribution in [0.4, 0.5) is 11.4 Å². The van der Waals surface area contributed by atoms with Crippen LogP contribution in [0.1, 0.15) is 5.56 Å². The topological polar surface area (TPSA) is 84.9 Å². The Morgan fingerprint density at radius 3 is 2.16 bits per heavy atom. The number of methoxy groups -OCH3 is 2. The van der Waals surface area contributed by atoms with Crippen molar-refractivity contribution in [1.29, 1.82) is 0 Å². The van der Waals surface area contributed by atoms with Crippen LogP contribution in [0, 0.1) is 10.5 Å². The van der Waals surface area contributed by atoms with Gasteiger partial charge in [0.2, 0.25) is 5.91 Å². The van der Waals surface area contributed by atoms with Gasteiger partial charge in [-0.3, -0.25) is 9.10 Å². The molecule has 0 radical (unpaired) electrons. The first-order valence-electron chi connectivity index (χ1n) is 9.61. The molecule has 0 aliphatic carbocycles. The number of hydrogen-bond donors (Lipinski definition) is 1. The highest BCUT2D eigenvalue weighted by Gasteiger charge is 2.28. The van der Waals surface area contributed by atoms with Crippen LogP contribution in [0.5, 0.6) is 11.5 Å². The van der Waals surface area contributed by atoms with E-state index >= 15 is 0 Å². The van der Waals surface area contributed by atoms with Crippen molar-refractivity contribution < 1.29 is 22.7 Å². The lowest BCUT2D eigenvalue weighted by atomic mass is 10.2. The number of sulfonamides is 1. The van der Waals surface area contributed by atoms with Crippen molar-refractivity contribution in [2.75, 3.05) is 30.4 Å². The third-order valence-electron chi connectivity index (χ3n) is 4.68. The van der Waals surface area contributed by atoms with Crippen molar-refractivity contribution in [2.24, 2.45) is 0 Å². The van der Waals surface area contributed by atoms with E-state index in [-0.39, 0.29) is 10.6 Å². The molecule has 0 fully saturated rings. The van der Waals surface area contributed by atoms with E-state index in [0.29, 0.717) is 17.1 Å². The molecule has 3 aromatic carbocycles. The fraction of sp³-hybridized carbons (Fsp3) is 0.174. The molecule has 0 aromatic heterocycles. The molecule has 0 saturated carbocycles. The van der Waals surface area contributed by atoms with Crippen LogP contribution in [0.25, 0.3) is 0 Å². The van der Waals surface area contributed by atoms with E-state index in [1.807, 2.05) is 19.1 Å². The molecule has 0 spiro atoms. The summed E-state index contributed by atoms with van der Waals surface area (Å²) in [6, 6.07) is 18.5. The maximum atomic E-state index is 13.6. The first-order valence-corrected chi connectivity index (χ1v) is 12.1. The summed E-state index contributed by atoms with van der Waals surface area (Å²) >= 11 is 2.17. The average Bonchev–Trinajstić information content (AvgIpc) is 2.79. The Morgan fingerprint density at radius 1 is 0.938 bits per heavy atom. The summed E-state index contributed by atoms with van der Waals surface area (Å²) in [6.45, 7) is 1.51. The van der Waals surface area contributed by atoms with Gasteiger partial charge in [-0.25, -0.2) is 8.42 Å². The number of nitrogens with zero attached hydrogens (tertiary/aromatic N) is 1. The van der Waals surface area contributed by atoms with Crippen LogP contribution < -0.4 is 19.1 Å². The fourth-order valence-corrected chi connectivity index (χ4v) is 4.79. The molecular weight excluding hydrogens is 543 g/mol.